The summed E-state index contributed by atoms with van der Waals surface area (Å²) in [5, 5.41) is 3.96. The summed E-state index contributed by atoms with van der Waals surface area (Å²) in [5.74, 6) is 3.31. The van der Waals surface area contributed by atoms with E-state index in [1.807, 2.05) is 0 Å². The van der Waals surface area contributed by atoms with Crippen molar-refractivity contribution in [3.8, 4) is 0 Å². The van der Waals surface area contributed by atoms with Gasteiger partial charge in [-0.05, 0) is 18.7 Å². The molecule has 0 amide bonds. The van der Waals surface area contributed by atoms with E-state index in [1.165, 1.54) is 0 Å². The van der Waals surface area contributed by atoms with Crippen molar-refractivity contribution in [2.75, 3.05) is 12.3 Å². The Balaban J connectivity index is 2.40. The summed E-state index contributed by atoms with van der Waals surface area (Å²) in [7, 11) is 0. The van der Waals surface area contributed by atoms with Crippen molar-refractivity contribution >= 4 is 11.8 Å². The second-order valence-corrected chi connectivity index (χ2v) is 5.56. The minimum absolute atomic E-state index is 0.0380. The molecule has 0 aliphatic carbocycles. The molecule has 0 aliphatic heterocycles. The van der Waals surface area contributed by atoms with E-state index in [2.05, 4.69) is 30.9 Å². The Bertz CT molecular complexity index is 293. The molecule has 0 saturated heterocycles. The summed E-state index contributed by atoms with van der Waals surface area (Å²) in [6.07, 6.45) is 1.03. The van der Waals surface area contributed by atoms with Gasteiger partial charge in [0.1, 0.15) is 0 Å². The van der Waals surface area contributed by atoms with Gasteiger partial charge < -0.3 is 10.3 Å². The molecule has 0 aromatic carbocycles. The van der Waals surface area contributed by atoms with Crippen LogP contribution >= 0.6 is 11.8 Å². The van der Waals surface area contributed by atoms with E-state index in [4.69, 9.17) is 10.3 Å². The van der Waals surface area contributed by atoms with Crippen LogP contribution in [0.3, 0.4) is 0 Å². The molecule has 86 valence electrons. The lowest BCUT2D eigenvalue weighted by Crippen LogP contribution is -2.13. The summed E-state index contributed by atoms with van der Waals surface area (Å²) in [5.41, 5.74) is 5.37. The van der Waals surface area contributed by atoms with Gasteiger partial charge in [0.25, 0.3) is 0 Å². The fourth-order valence-electron chi connectivity index (χ4n) is 0.963. The minimum Gasteiger partial charge on any atom is -0.338 e. The second-order valence-electron chi connectivity index (χ2n) is 4.46. The lowest BCUT2D eigenvalue weighted by Gasteiger charge is -2.10. The van der Waals surface area contributed by atoms with E-state index in [0.29, 0.717) is 5.89 Å². The highest BCUT2D eigenvalue weighted by molar-refractivity contribution is 7.98. The highest BCUT2D eigenvalue weighted by atomic mass is 32.2. The van der Waals surface area contributed by atoms with Crippen LogP contribution in [-0.2, 0) is 11.2 Å². The molecule has 5 heteroatoms. The Morgan fingerprint density at radius 2 is 2.13 bits per heavy atom. The Labute approximate surface area is 95.0 Å². The molecule has 1 heterocycles. The van der Waals surface area contributed by atoms with Gasteiger partial charge in [-0.3, -0.25) is 0 Å². The highest BCUT2D eigenvalue weighted by Gasteiger charge is 2.20. The van der Waals surface area contributed by atoms with Crippen molar-refractivity contribution in [3.05, 3.63) is 11.7 Å². The van der Waals surface area contributed by atoms with Crippen LogP contribution in [-0.4, -0.2) is 22.4 Å². The molecule has 0 unspecified atom stereocenters. The number of hydrogen-bond acceptors (Lipinski definition) is 5. The third-order valence-electron chi connectivity index (χ3n) is 1.86. The van der Waals surface area contributed by atoms with Crippen molar-refractivity contribution in [1.29, 1.82) is 0 Å². The van der Waals surface area contributed by atoms with Gasteiger partial charge in [0.05, 0.1) is 5.75 Å². The van der Waals surface area contributed by atoms with Crippen LogP contribution in [0, 0.1) is 0 Å². The Morgan fingerprint density at radius 3 is 2.67 bits per heavy atom. The van der Waals surface area contributed by atoms with Gasteiger partial charge in [-0.25, -0.2) is 0 Å². The van der Waals surface area contributed by atoms with Crippen LogP contribution in [0.5, 0.6) is 0 Å². The lowest BCUT2D eigenvalue weighted by molar-refractivity contribution is 0.373. The van der Waals surface area contributed by atoms with E-state index in [-0.39, 0.29) is 5.41 Å². The van der Waals surface area contributed by atoms with Gasteiger partial charge in [0.15, 0.2) is 5.82 Å². The van der Waals surface area contributed by atoms with Gasteiger partial charge in [0, 0.05) is 5.41 Å². The number of hydrogen-bond donors (Lipinski definition) is 1. The van der Waals surface area contributed by atoms with E-state index in [9.17, 15) is 0 Å². The zero-order chi connectivity index (χ0) is 11.3. The van der Waals surface area contributed by atoms with Crippen LogP contribution in [0.4, 0.5) is 0 Å². The molecule has 0 bridgehead atoms. The van der Waals surface area contributed by atoms with Crippen LogP contribution in [0.25, 0.3) is 0 Å². The summed E-state index contributed by atoms with van der Waals surface area (Å²) in [6.45, 7) is 6.96. The van der Waals surface area contributed by atoms with Crippen LogP contribution in [0.1, 0.15) is 38.9 Å². The average Bonchev–Trinajstić information content (AvgIpc) is 2.60. The Hall–Kier alpha value is -0.550. The quantitative estimate of drug-likeness (QED) is 0.782. The van der Waals surface area contributed by atoms with E-state index in [0.717, 1.165) is 30.3 Å². The number of aromatic nitrogens is 2. The molecular formula is C10H19N3OS. The second kappa shape index (κ2) is 5.51. The molecule has 1 aromatic rings. The van der Waals surface area contributed by atoms with Crippen LogP contribution in [0.2, 0.25) is 0 Å². The number of nitrogens with two attached hydrogens (primary N) is 1. The van der Waals surface area contributed by atoms with E-state index in [1.54, 1.807) is 11.8 Å². The third-order valence-corrected chi connectivity index (χ3v) is 2.89. The number of nitrogens with zero attached hydrogens (tertiary/aromatic N) is 2. The van der Waals surface area contributed by atoms with Crippen molar-refractivity contribution < 1.29 is 4.52 Å². The molecule has 0 aliphatic rings. The van der Waals surface area contributed by atoms with Gasteiger partial charge in [-0.1, -0.05) is 25.9 Å². The predicted octanol–water partition coefficient (Wildman–Crippen LogP) is 1.95. The van der Waals surface area contributed by atoms with Gasteiger partial charge >= 0.3 is 0 Å². The topological polar surface area (TPSA) is 64.9 Å². The number of rotatable bonds is 5. The largest absolute Gasteiger partial charge is 0.338 e. The molecule has 1 rings (SSSR count). The minimum atomic E-state index is -0.0380. The fraction of sp³-hybridized carbons (Fsp3) is 0.800. The summed E-state index contributed by atoms with van der Waals surface area (Å²) in [4.78, 5) is 4.35. The first-order chi connectivity index (χ1) is 7.04. The van der Waals surface area contributed by atoms with Gasteiger partial charge in [-0.2, -0.15) is 16.7 Å². The molecule has 2 N–H and O–H groups in total. The van der Waals surface area contributed by atoms with E-state index >= 15 is 0 Å². The predicted molar refractivity (Wildman–Crippen MR) is 62.8 cm³/mol. The maximum Gasteiger partial charge on any atom is 0.236 e. The normalized spacial score (nSPS) is 12.0. The maximum atomic E-state index is 5.40. The first-order valence-corrected chi connectivity index (χ1v) is 6.30. The van der Waals surface area contributed by atoms with Crippen molar-refractivity contribution in [2.24, 2.45) is 5.73 Å². The van der Waals surface area contributed by atoms with Crippen LogP contribution < -0.4 is 5.73 Å². The zero-order valence-electron chi connectivity index (χ0n) is 9.62. The van der Waals surface area contributed by atoms with Gasteiger partial charge in [0.2, 0.25) is 5.89 Å². The molecule has 0 atom stereocenters. The maximum absolute atomic E-state index is 5.40. The molecule has 1 aromatic heterocycles. The number of thioether (sulfide) groups is 1. The lowest BCUT2D eigenvalue weighted by atomic mass is 9.96. The molecule has 0 radical (unpaired) electrons. The standard InChI is InChI=1S/C10H19N3OS/c1-10(2,3)9-12-8(14-13-9)7-15-6-4-5-11/h4-7,11H2,1-3H3. The first kappa shape index (κ1) is 12.5. The Kier molecular flexibility index (Phi) is 4.60. The SMILES string of the molecule is CC(C)(C)c1noc(CSCCCN)n1. The molecule has 0 fully saturated rings. The molecule has 15 heavy (non-hydrogen) atoms. The van der Waals surface area contributed by atoms with E-state index < -0.39 is 0 Å². The van der Waals surface area contributed by atoms with Gasteiger partial charge in [-0.15, -0.1) is 0 Å². The Morgan fingerprint density at radius 1 is 1.40 bits per heavy atom. The summed E-state index contributed by atoms with van der Waals surface area (Å²) >= 11 is 1.78. The molecule has 0 saturated carbocycles. The smallest absolute Gasteiger partial charge is 0.236 e. The average molecular weight is 229 g/mol. The molecule has 0 spiro atoms. The first-order valence-electron chi connectivity index (χ1n) is 5.15. The van der Waals surface area contributed by atoms with Crippen molar-refractivity contribution in [1.82, 2.24) is 10.1 Å². The summed E-state index contributed by atoms with van der Waals surface area (Å²) in [6, 6.07) is 0. The highest BCUT2D eigenvalue weighted by Crippen LogP contribution is 2.20. The van der Waals surface area contributed by atoms with Crippen LogP contribution in [0.15, 0.2) is 4.52 Å². The summed E-state index contributed by atoms with van der Waals surface area (Å²) < 4.78 is 5.16. The molecular weight excluding hydrogens is 210 g/mol. The zero-order valence-corrected chi connectivity index (χ0v) is 10.4. The van der Waals surface area contributed by atoms with Crippen molar-refractivity contribution in [2.45, 2.75) is 38.4 Å². The monoisotopic (exact) mass is 229 g/mol. The molecule has 4 nitrogen and oxygen atoms in total. The third kappa shape index (κ3) is 4.22. The fourth-order valence-corrected chi connectivity index (χ4v) is 1.77. The van der Waals surface area contributed by atoms with Crippen molar-refractivity contribution in [3.63, 3.8) is 0 Å².